The molecule has 6 nitrogen and oxygen atoms in total. The Bertz CT molecular complexity index is 1540. The molecule has 4 aliphatic rings. The predicted molar refractivity (Wildman–Crippen MR) is 188 cm³/mol. The largest absolute Gasteiger partial charge is 0.462 e. The number of esters is 3. The highest BCUT2D eigenvalue weighted by Gasteiger charge is 2.59. The third-order valence-electron chi connectivity index (χ3n) is 13.0. The lowest BCUT2D eigenvalue weighted by atomic mass is 9.48. The van der Waals surface area contributed by atoms with Gasteiger partial charge in [0.15, 0.2) is 0 Å². The van der Waals surface area contributed by atoms with Crippen LogP contribution in [-0.4, -0.2) is 37.2 Å². The van der Waals surface area contributed by atoms with Crippen molar-refractivity contribution in [2.75, 3.05) is 13.2 Å². The molecule has 0 heterocycles. The van der Waals surface area contributed by atoms with Crippen LogP contribution in [0.3, 0.4) is 0 Å². The van der Waals surface area contributed by atoms with E-state index in [-0.39, 0.29) is 48.0 Å². The summed E-state index contributed by atoms with van der Waals surface area (Å²) >= 11 is 0. The van der Waals surface area contributed by atoms with Crippen LogP contribution >= 0.6 is 0 Å². The van der Waals surface area contributed by atoms with Crippen LogP contribution in [0.4, 0.5) is 0 Å². The maximum Gasteiger partial charge on any atom is 0.339 e. The fourth-order valence-electron chi connectivity index (χ4n) is 10.6. The molecule has 6 rings (SSSR count). The highest BCUT2D eigenvalue weighted by molar-refractivity contribution is 6.06. The highest BCUT2D eigenvalue weighted by atomic mass is 16.5. The molecule has 260 valence electrons. The van der Waals surface area contributed by atoms with E-state index < -0.39 is 11.9 Å². The molecule has 4 aliphatic carbocycles. The molecule has 0 bridgehead atoms. The first-order valence-corrected chi connectivity index (χ1v) is 18.8. The molecule has 0 radical (unpaired) electrons. The van der Waals surface area contributed by atoms with Crippen molar-refractivity contribution in [2.45, 2.75) is 130 Å². The molecule has 48 heavy (non-hydrogen) atoms. The van der Waals surface area contributed by atoms with Gasteiger partial charge in [-0.25, -0.2) is 14.4 Å². The molecule has 1 fully saturated rings. The van der Waals surface area contributed by atoms with Gasteiger partial charge < -0.3 is 14.2 Å². The molecule has 1 saturated carbocycles. The normalized spacial score (nSPS) is 29.1. The van der Waals surface area contributed by atoms with Crippen molar-refractivity contribution in [3.05, 3.63) is 69.3 Å². The van der Waals surface area contributed by atoms with Crippen LogP contribution in [0, 0.1) is 29.1 Å². The zero-order valence-electron chi connectivity index (χ0n) is 30.3. The van der Waals surface area contributed by atoms with Crippen molar-refractivity contribution in [1.82, 2.24) is 0 Å². The monoisotopic (exact) mass is 656 g/mol. The van der Waals surface area contributed by atoms with Gasteiger partial charge in [0.2, 0.25) is 0 Å². The molecule has 2 aromatic rings. The molecular weight excluding hydrogens is 600 g/mol. The Morgan fingerprint density at radius 1 is 0.833 bits per heavy atom. The Morgan fingerprint density at radius 2 is 1.50 bits per heavy atom. The molecule has 0 aliphatic heterocycles. The van der Waals surface area contributed by atoms with Crippen LogP contribution in [0.2, 0.25) is 0 Å². The molecule has 0 N–H and O–H groups in total. The summed E-state index contributed by atoms with van der Waals surface area (Å²) in [5.74, 6) is 0.957. The fraction of sp³-hybridized carbons (Fsp3) is 0.643. The second-order valence-corrected chi connectivity index (χ2v) is 16.1. The quantitative estimate of drug-likeness (QED) is 0.177. The minimum absolute atomic E-state index is 0.0100. The van der Waals surface area contributed by atoms with Crippen molar-refractivity contribution in [2.24, 2.45) is 29.1 Å². The highest BCUT2D eigenvalue weighted by Crippen LogP contribution is 2.66. The molecule has 0 amide bonds. The number of carbonyl (C=O) groups excluding carboxylic acids is 3. The topological polar surface area (TPSA) is 78.9 Å². The average Bonchev–Trinajstić information content (AvgIpc) is 3.37. The Balaban J connectivity index is 1.45. The van der Waals surface area contributed by atoms with Gasteiger partial charge in [0, 0.05) is 0 Å². The van der Waals surface area contributed by atoms with Crippen LogP contribution in [0.1, 0.15) is 159 Å². The van der Waals surface area contributed by atoms with Crippen molar-refractivity contribution < 1.29 is 28.6 Å². The van der Waals surface area contributed by atoms with E-state index in [4.69, 9.17) is 14.2 Å². The molecule has 6 heteroatoms. The van der Waals surface area contributed by atoms with Crippen LogP contribution < -0.4 is 0 Å². The molecule has 2 aromatic carbocycles. The summed E-state index contributed by atoms with van der Waals surface area (Å²) in [6.07, 6.45) is 9.55. The van der Waals surface area contributed by atoms with E-state index >= 15 is 0 Å². The number of hydrogen-bond acceptors (Lipinski definition) is 6. The molecule has 0 aromatic heterocycles. The summed E-state index contributed by atoms with van der Waals surface area (Å²) in [6.45, 7) is 16.0. The van der Waals surface area contributed by atoms with Gasteiger partial charge in [-0.1, -0.05) is 72.1 Å². The summed E-state index contributed by atoms with van der Waals surface area (Å²) < 4.78 is 17.6. The van der Waals surface area contributed by atoms with Gasteiger partial charge in [-0.3, -0.25) is 0 Å². The maximum absolute atomic E-state index is 14.1. The summed E-state index contributed by atoms with van der Waals surface area (Å²) in [7, 11) is 0. The number of fused-ring (bicyclic) bond motifs is 2. The first-order chi connectivity index (χ1) is 22.9. The van der Waals surface area contributed by atoms with E-state index in [0.29, 0.717) is 40.9 Å². The second kappa shape index (κ2) is 13.6. The van der Waals surface area contributed by atoms with Crippen LogP contribution in [0.25, 0.3) is 0 Å². The average molecular weight is 657 g/mol. The lowest BCUT2D eigenvalue weighted by molar-refractivity contribution is -0.0327. The lowest BCUT2D eigenvalue weighted by Gasteiger charge is -2.57. The van der Waals surface area contributed by atoms with Gasteiger partial charge in [0.05, 0.1) is 29.9 Å². The van der Waals surface area contributed by atoms with E-state index in [9.17, 15) is 14.4 Å². The summed E-state index contributed by atoms with van der Waals surface area (Å²) in [5.41, 5.74) is 6.15. The number of rotatable bonds is 11. The Kier molecular flexibility index (Phi) is 9.86. The van der Waals surface area contributed by atoms with Gasteiger partial charge in [0.25, 0.3) is 0 Å². The zero-order valence-corrected chi connectivity index (χ0v) is 30.3. The Morgan fingerprint density at radius 3 is 2.15 bits per heavy atom. The SMILES string of the molecule is CCOC(=O)c1c2c3c4c(c1C(=O)OCC)CC([C@H](C)CCCC(C)C)C4(C)CCC3C1(C)CC[C@H](OC(=O)c3ccccc3)C[C@@H]1C2. The van der Waals surface area contributed by atoms with Gasteiger partial charge in [-0.2, -0.15) is 0 Å². The van der Waals surface area contributed by atoms with Gasteiger partial charge >= 0.3 is 17.9 Å². The Hall–Kier alpha value is -3.15. The summed E-state index contributed by atoms with van der Waals surface area (Å²) in [4.78, 5) is 41.2. The van der Waals surface area contributed by atoms with Crippen LogP contribution in [0.5, 0.6) is 0 Å². The molecular formula is C42H56O6. The van der Waals surface area contributed by atoms with Crippen molar-refractivity contribution >= 4 is 17.9 Å². The van der Waals surface area contributed by atoms with E-state index in [1.807, 2.05) is 32.0 Å². The standard InChI is InChI=1S/C42H56O6/c1-8-46-39(44)35-30-23-28-22-29(48-38(43)27-16-11-10-12-17-27)18-20-41(28,6)32-19-21-42(7)33(26(5)15-13-14-25(3)4)24-31(37(42)34(30)32)36(35)40(45)47-9-2/h10-12,16-17,25-26,28-29,32-33H,8-9,13-15,18-24H2,1-7H3/t26-,28-,29+,32?,33?,41?,42?/m1/s1. The first-order valence-electron chi connectivity index (χ1n) is 18.8. The lowest BCUT2D eigenvalue weighted by Crippen LogP contribution is -2.49. The zero-order chi connectivity index (χ0) is 34.4. The van der Waals surface area contributed by atoms with E-state index in [1.54, 1.807) is 12.1 Å². The minimum Gasteiger partial charge on any atom is -0.462 e. The molecule has 0 spiro atoms. The number of carbonyl (C=O) groups is 3. The first kappa shape index (κ1) is 34.7. The Labute approximate surface area is 287 Å². The second-order valence-electron chi connectivity index (χ2n) is 16.1. The number of benzene rings is 2. The molecule has 7 atom stereocenters. The van der Waals surface area contributed by atoms with E-state index in [1.165, 1.54) is 30.4 Å². The van der Waals surface area contributed by atoms with Gasteiger partial charge in [-0.05, 0) is 134 Å². The smallest absolute Gasteiger partial charge is 0.339 e. The van der Waals surface area contributed by atoms with E-state index in [2.05, 4.69) is 34.6 Å². The summed E-state index contributed by atoms with van der Waals surface area (Å²) in [6, 6.07) is 9.21. The third kappa shape index (κ3) is 5.89. The fourth-order valence-corrected chi connectivity index (χ4v) is 10.6. The van der Waals surface area contributed by atoms with Crippen LogP contribution in [-0.2, 0) is 32.5 Å². The maximum atomic E-state index is 14.1. The van der Waals surface area contributed by atoms with Crippen molar-refractivity contribution in [3.8, 4) is 0 Å². The molecule has 4 unspecified atom stereocenters. The number of ether oxygens (including phenoxy) is 3. The number of hydrogen-bond donors (Lipinski definition) is 0. The van der Waals surface area contributed by atoms with Gasteiger partial charge in [-0.15, -0.1) is 0 Å². The van der Waals surface area contributed by atoms with Crippen molar-refractivity contribution in [1.29, 1.82) is 0 Å². The third-order valence-corrected chi connectivity index (χ3v) is 13.0. The predicted octanol–water partition coefficient (Wildman–Crippen LogP) is 9.40. The molecule has 0 saturated heterocycles. The summed E-state index contributed by atoms with van der Waals surface area (Å²) in [5, 5.41) is 0. The van der Waals surface area contributed by atoms with E-state index in [0.717, 1.165) is 49.7 Å². The van der Waals surface area contributed by atoms with Crippen LogP contribution in [0.15, 0.2) is 30.3 Å². The minimum atomic E-state index is -0.416. The van der Waals surface area contributed by atoms with Gasteiger partial charge in [0.1, 0.15) is 6.10 Å². The van der Waals surface area contributed by atoms with Crippen molar-refractivity contribution in [3.63, 3.8) is 0 Å².